The topological polar surface area (TPSA) is 35.5 Å². The van der Waals surface area contributed by atoms with Gasteiger partial charge in [-0.2, -0.15) is 0 Å². The summed E-state index contributed by atoms with van der Waals surface area (Å²) in [6, 6.07) is 0. The van der Waals surface area contributed by atoms with E-state index in [2.05, 4.69) is 6.92 Å². The number of carbonyl (C=O) groups excluding carboxylic acids is 1. The zero-order valence-corrected chi connectivity index (χ0v) is 10.7. The van der Waals surface area contributed by atoms with Crippen molar-refractivity contribution in [1.29, 1.82) is 0 Å². The van der Waals surface area contributed by atoms with Gasteiger partial charge in [0.05, 0.1) is 0 Å². The molecule has 0 bridgehead atoms. The molecule has 0 spiro atoms. The fourth-order valence-electron chi connectivity index (χ4n) is 0.790. The molecule has 0 unspecified atom stereocenters. The van der Waals surface area contributed by atoms with Crippen LogP contribution < -0.4 is 0 Å². The van der Waals surface area contributed by atoms with Gasteiger partial charge < -0.3 is 8.85 Å². The van der Waals surface area contributed by atoms with Gasteiger partial charge in [0.15, 0.2) is 0 Å². The molecule has 0 aliphatic rings. The van der Waals surface area contributed by atoms with Gasteiger partial charge in [-0.3, -0.25) is 0 Å². The summed E-state index contributed by atoms with van der Waals surface area (Å²) >= 11 is 0. The maximum atomic E-state index is 11.5. The molecule has 0 radical (unpaired) electrons. The summed E-state index contributed by atoms with van der Waals surface area (Å²) in [5.74, 6) is -0.253. The van der Waals surface area contributed by atoms with E-state index in [9.17, 15) is 4.79 Å². The summed E-state index contributed by atoms with van der Waals surface area (Å²) < 4.78 is 10.4. The number of carbonyl (C=O) groups is 1. The van der Waals surface area contributed by atoms with Crippen LogP contribution in [0.1, 0.15) is 26.7 Å². The maximum Gasteiger partial charge on any atom is 0.395 e. The highest BCUT2D eigenvalue weighted by molar-refractivity contribution is 6.66. The molecule has 0 aliphatic heterocycles. The molecule has 0 saturated carbocycles. The number of hydrogen-bond donors (Lipinski definition) is 0. The summed E-state index contributed by atoms with van der Waals surface area (Å²) in [6.45, 7) is 7.54. The van der Waals surface area contributed by atoms with Gasteiger partial charge in [-0.15, -0.1) is 0 Å². The van der Waals surface area contributed by atoms with Crippen LogP contribution in [0.3, 0.4) is 0 Å². The van der Waals surface area contributed by atoms with Crippen LogP contribution in [0.4, 0.5) is 0 Å². The van der Waals surface area contributed by atoms with E-state index in [1.807, 2.05) is 19.2 Å². The van der Waals surface area contributed by atoms with Crippen molar-refractivity contribution in [2.24, 2.45) is 0 Å². The average molecular weight is 216 g/mol. The Morgan fingerprint density at radius 1 is 1.43 bits per heavy atom. The Labute approximate surface area is 87.4 Å². The summed E-state index contributed by atoms with van der Waals surface area (Å²) in [5.41, 5.74) is 0.671. The molecule has 14 heavy (non-hydrogen) atoms. The van der Waals surface area contributed by atoms with Gasteiger partial charge in [0, 0.05) is 12.7 Å². The quantitative estimate of drug-likeness (QED) is 0.523. The minimum atomic E-state index is -2.23. The van der Waals surface area contributed by atoms with E-state index in [-0.39, 0.29) is 5.97 Å². The highest BCUT2D eigenvalue weighted by Gasteiger charge is 2.27. The van der Waals surface area contributed by atoms with Crippen molar-refractivity contribution < 1.29 is 13.6 Å². The van der Waals surface area contributed by atoms with Crippen LogP contribution in [0.25, 0.3) is 0 Å². The highest BCUT2D eigenvalue weighted by atomic mass is 28.4. The molecule has 0 amide bonds. The summed E-state index contributed by atoms with van der Waals surface area (Å²) in [6.07, 6.45) is 3.86. The van der Waals surface area contributed by atoms with E-state index in [0.717, 1.165) is 12.8 Å². The van der Waals surface area contributed by atoms with E-state index in [0.29, 0.717) is 5.57 Å². The first kappa shape index (κ1) is 13.4. The Balaban J connectivity index is 4.21. The Kier molecular flexibility index (Phi) is 5.72. The molecule has 0 rings (SSSR count). The van der Waals surface area contributed by atoms with Crippen molar-refractivity contribution in [2.75, 3.05) is 7.11 Å². The van der Waals surface area contributed by atoms with E-state index >= 15 is 0 Å². The maximum absolute atomic E-state index is 11.5. The van der Waals surface area contributed by atoms with Gasteiger partial charge in [0.2, 0.25) is 0 Å². The first-order valence-electron chi connectivity index (χ1n) is 4.88. The fourth-order valence-corrected chi connectivity index (χ4v) is 1.48. The molecule has 0 aromatic heterocycles. The lowest BCUT2D eigenvalue weighted by atomic mass is 10.2. The Morgan fingerprint density at radius 2 is 2.00 bits per heavy atom. The second-order valence-electron chi connectivity index (χ2n) is 3.67. The lowest BCUT2D eigenvalue weighted by Crippen LogP contribution is -2.36. The Morgan fingerprint density at radius 3 is 2.43 bits per heavy atom. The first-order chi connectivity index (χ1) is 6.43. The SMILES string of the molecule is CCCC=C(C)C(=O)O[Si](C)(C)OC. The van der Waals surface area contributed by atoms with Crippen molar-refractivity contribution >= 4 is 14.5 Å². The van der Waals surface area contributed by atoms with Crippen LogP contribution in [0.5, 0.6) is 0 Å². The summed E-state index contributed by atoms with van der Waals surface area (Å²) in [7, 11) is -0.659. The largest absolute Gasteiger partial charge is 0.491 e. The molecule has 0 aromatic carbocycles. The van der Waals surface area contributed by atoms with Crippen molar-refractivity contribution in [1.82, 2.24) is 0 Å². The molecule has 0 N–H and O–H groups in total. The van der Waals surface area contributed by atoms with Crippen molar-refractivity contribution in [3.05, 3.63) is 11.6 Å². The van der Waals surface area contributed by atoms with E-state index < -0.39 is 8.56 Å². The van der Waals surface area contributed by atoms with Crippen LogP contribution in [0.2, 0.25) is 13.1 Å². The molecule has 0 saturated heterocycles. The van der Waals surface area contributed by atoms with Gasteiger partial charge >= 0.3 is 14.5 Å². The minimum absolute atomic E-state index is 0.253. The molecule has 0 atom stereocenters. The van der Waals surface area contributed by atoms with E-state index in [1.54, 1.807) is 14.0 Å². The van der Waals surface area contributed by atoms with Gasteiger partial charge in [-0.1, -0.05) is 19.4 Å². The monoisotopic (exact) mass is 216 g/mol. The van der Waals surface area contributed by atoms with Gasteiger partial charge in [0.1, 0.15) is 0 Å². The zero-order valence-electron chi connectivity index (χ0n) is 9.72. The van der Waals surface area contributed by atoms with Crippen LogP contribution in [0, 0.1) is 0 Å². The van der Waals surface area contributed by atoms with Gasteiger partial charge in [0.25, 0.3) is 0 Å². The van der Waals surface area contributed by atoms with E-state index in [4.69, 9.17) is 8.85 Å². The van der Waals surface area contributed by atoms with Gasteiger partial charge in [-0.05, 0) is 26.4 Å². The molecule has 82 valence electrons. The van der Waals surface area contributed by atoms with Crippen LogP contribution >= 0.6 is 0 Å². The van der Waals surface area contributed by atoms with E-state index in [1.165, 1.54) is 0 Å². The van der Waals surface area contributed by atoms with Crippen LogP contribution in [0.15, 0.2) is 11.6 Å². The third-order valence-electron chi connectivity index (χ3n) is 1.89. The number of hydrogen-bond acceptors (Lipinski definition) is 3. The Bertz CT molecular complexity index is 221. The molecule has 3 nitrogen and oxygen atoms in total. The molecule has 0 heterocycles. The summed E-state index contributed by atoms with van der Waals surface area (Å²) in [4.78, 5) is 11.5. The fraction of sp³-hybridized carbons (Fsp3) is 0.700. The third-order valence-corrected chi connectivity index (χ3v) is 3.55. The predicted octanol–water partition coefficient (Wildman–Crippen LogP) is 2.62. The van der Waals surface area contributed by atoms with Crippen LogP contribution in [-0.4, -0.2) is 21.6 Å². The standard InChI is InChI=1S/C10H20O3Si/c1-6-7-8-9(2)10(11)13-14(4,5)12-3/h8H,6-7H2,1-5H3. The second-order valence-corrected chi connectivity index (χ2v) is 7.08. The lowest BCUT2D eigenvalue weighted by molar-refractivity contribution is -0.132. The average Bonchev–Trinajstić information content (AvgIpc) is 2.13. The first-order valence-corrected chi connectivity index (χ1v) is 7.70. The minimum Gasteiger partial charge on any atom is -0.491 e. The molecule has 0 aromatic rings. The molecular weight excluding hydrogens is 196 g/mol. The number of unbranched alkanes of at least 4 members (excludes halogenated alkanes) is 1. The second kappa shape index (κ2) is 5.98. The smallest absolute Gasteiger partial charge is 0.395 e. The zero-order chi connectivity index (χ0) is 11.2. The molecule has 0 fully saturated rings. The number of rotatable bonds is 5. The summed E-state index contributed by atoms with van der Waals surface area (Å²) in [5, 5.41) is 0. The third kappa shape index (κ3) is 5.19. The van der Waals surface area contributed by atoms with Gasteiger partial charge in [-0.25, -0.2) is 4.79 Å². The van der Waals surface area contributed by atoms with Crippen molar-refractivity contribution in [3.63, 3.8) is 0 Å². The molecular formula is C10H20O3Si. The van der Waals surface area contributed by atoms with Crippen molar-refractivity contribution in [3.8, 4) is 0 Å². The highest BCUT2D eigenvalue weighted by Crippen LogP contribution is 2.09. The molecule has 4 heteroatoms. The number of allylic oxidation sites excluding steroid dienone is 1. The van der Waals surface area contributed by atoms with Crippen molar-refractivity contribution in [2.45, 2.75) is 39.8 Å². The molecule has 0 aliphatic carbocycles. The Hall–Kier alpha value is -0.613. The lowest BCUT2D eigenvalue weighted by Gasteiger charge is -2.19. The normalized spacial score (nSPS) is 12.8. The predicted molar refractivity (Wildman–Crippen MR) is 59.2 cm³/mol. The van der Waals surface area contributed by atoms with Crippen LogP contribution in [-0.2, 0) is 13.6 Å².